The molecule has 0 spiro atoms. The minimum Gasteiger partial charge on any atom is -0.321 e. The number of amides is 1. The third kappa shape index (κ3) is 4.59. The molecule has 3 N–H and O–H groups in total. The van der Waals surface area contributed by atoms with Crippen LogP contribution in [0.1, 0.15) is 12.5 Å². The van der Waals surface area contributed by atoms with Gasteiger partial charge < -0.3 is 9.79 Å². The second-order valence-electron chi connectivity index (χ2n) is 3.86. The van der Waals surface area contributed by atoms with Crippen molar-refractivity contribution in [3.63, 3.8) is 0 Å². The Bertz CT molecular complexity index is 598. The SMILES string of the molecule is CC(=O)N(O)C/C=C(\c1ccc(Cl)c(Cl)c1)P(=O)(O)O. The van der Waals surface area contributed by atoms with Crippen molar-refractivity contribution in [3.8, 4) is 0 Å². The molecule has 0 fully saturated rings. The van der Waals surface area contributed by atoms with Gasteiger partial charge in [-0.05, 0) is 23.8 Å². The van der Waals surface area contributed by atoms with Crippen molar-refractivity contribution < 1.29 is 24.4 Å². The highest BCUT2D eigenvalue weighted by molar-refractivity contribution is 7.63. The van der Waals surface area contributed by atoms with E-state index in [2.05, 4.69) is 0 Å². The van der Waals surface area contributed by atoms with Crippen LogP contribution in [0.5, 0.6) is 0 Å². The molecule has 0 aliphatic rings. The van der Waals surface area contributed by atoms with Gasteiger partial charge in [-0.15, -0.1) is 0 Å². The number of hydrogen-bond donors (Lipinski definition) is 3. The number of hydroxylamine groups is 2. The van der Waals surface area contributed by atoms with E-state index in [1.54, 1.807) is 0 Å². The van der Waals surface area contributed by atoms with Crippen molar-refractivity contribution in [2.75, 3.05) is 6.54 Å². The summed E-state index contributed by atoms with van der Waals surface area (Å²) in [5.74, 6) is -0.652. The largest absolute Gasteiger partial charge is 0.356 e. The maximum Gasteiger partial charge on any atom is 0.356 e. The molecule has 0 radical (unpaired) electrons. The molecule has 0 saturated heterocycles. The van der Waals surface area contributed by atoms with Gasteiger partial charge in [0.2, 0.25) is 5.91 Å². The minimum atomic E-state index is -4.61. The summed E-state index contributed by atoms with van der Waals surface area (Å²) >= 11 is 11.5. The first-order valence-corrected chi connectivity index (χ1v) is 7.68. The zero-order valence-corrected chi connectivity index (χ0v) is 12.7. The Morgan fingerprint density at radius 2 is 1.95 bits per heavy atom. The topological polar surface area (TPSA) is 98.1 Å². The van der Waals surface area contributed by atoms with Crippen LogP contribution >= 0.6 is 30.8 Å². The molecular weight excluding hydrogens is 328 g/mol. The Balaban J connectivity index is 3.20. The second-order valence-corrected chi connectivity index (χ2v) is 6.25. The quantitative estimate of drug-likeness (QED) is 0.445. The predicted molar refractivity (Wildman–Crippen MR) is 75.7 cm³/mol. The molecule has 0 aromatic heterocycles. The van der Waals surface area contributed by atoms with Crippen LogP contribution in [-0.4, -0.2) is 32.5 Å². The van der Waals surface area contributed by atoms with Gasteiger partial charge in [0.05, 0.1) is 21.9 Å². The fourth-order valence-electron chi connectivity index (χ4n) is 1.36. The van der Waals surface area contributed by atoms with Gasteiger partial charge in [-0.25, -0.2) is 5.06 Å². The normalized spacial score (nSPS) is 12.4. The number of carbonyl (C=O) groups excluding carboxylic acids is 1. The van der Waals surface area contributed by atoms with Gasteiger partial charge in [-0.1, -0.05) is 29.3 Å². The summed E-state index contributed by atoms with van der Waals surface area (Å²) in [6.45, 7) is 0.750. The van der Waals surface area contributed by atoms with E-state index >= 15 is 0 Å². The average Bonchev–Trinajstić information content (AvgIpc) is 2.31. The Morgan fingerprint density at radius 1 is 1.35 bits per heavy atom. The van der Waals surface area contributed by atoms with Crippen molar-refractivity contribution in [3.05, 3.63) is 39.9 Å². The highest BCUT2D eigenvalue weighted by Crippen LogP contribution is 2.51. The number of hydrogen-bond acceptors (Lipinski definition) is 3. The maximum atomic E-state index is 11.5. The Morgan fingerprint density at radius 3 is 2.40 bits per heavy atom. The summed E-state index contributed by atoms with van der Waals surface area (Å²) in [7, 11) is -4.61. The smallest absolute Gasteiger partial charge is 0.321 e. The molecule has 6 nitrogen and oxygen atoms in total. The summed E-state index contributed by atoms with van der Waals surface area (Å²) in [5.41, 5.74) is 0.157. The van der Waals surface area contributed by atoms with Crippen LogP contribution in [0.4, 0.5) is 0 Å². The Kier molecular flexibility index (Phi) is 5.77. The molecular formula is C11H12Cl2NO5P. The molecule has 0 aliphatic heterocycles. The van der Waals surface area contributed by atoms with E-state index in [4.69, 9.17) is 23.2 Å². The first-order chi connectivity index (χ1) is 9.12. The summed E-state index contributed by atoms with van der Waals surface area (Å²) < 4.78 is 11.5. The van der Waals surface area contributed by atoms with E-state index in [1.807, 2.05) is 0 Å². The summed E-state index contributed by atoms with van der Waals surface area (Å²) in [5, 5.41) is 9.58. The van der Waals surface area contributed by atoms with Crippen molar-refractivity contribution in [2.24, 2.45) is 0 Å². The van der Waals surface area contributed by atoms with Crippen molar-refractivity contribution in [2.45, 2.75) is 6.92 Å². The molecule has 1 aromatic rings. The van der Waals surface area contributed by atoms with Crippen LogP contribution in [0.25, 0.3) is 5.31 Å². The lowest BCUT2D eigenvalue weighted by molar-refractivity contribution is -0.160. The monoisotopic (exact) mass is 339 g/mol. The van der Waals surface area contributed by atoms with Crippen LogP contribution in [0.3, 0.4) is 0 Å². The third-order valence-electron chi connectivity index (χ3n) is 2.35. The lowest BCUT2D eigenvalue weighted by Crippen LogP contribution is -2.24. The van der Waals surface area contributed by atoms with Crippen LogP contribution in [0.15, 0.2) is 24.3 Å². The molecule has 0 saturated carbocycles. The number of nitrogens with zero attached hydrogens (tertiary/aromatic N) is 1. The van der Waals surface area contributed by atoms with E-state index in [0.717, 1.165) is 13.0 Å². The minimum absolute atomic E-state index is 0.135. The first-order valence-electron chi connectivity index (χ1n) is 5.31. The van der Waals surface area contributed by atoms with Gasteiger partial charge in [0.25, 0.3) is 0 Å². The molecule has 20 heavy (non-hydrogen) atoms. The Labute approximate surface area is 125 Å². The molecule has 9 heteroatoms. The van der Waals surface area contributed by atoms with E-state index in [-0.39, 0.29) is 27.5 Å². The lowest BCUT2D eigenvalue weighted by Gasteiger charge is -2.14. The van der Waals surface area contributed by atoms with Crippen molar-refractivity contribution >= 4 is 42.0 Å². The molecule has 0 heterocycles. The van der Waals surface area contributed by atoms with Gasteiger partial charge >= 0.3 is 7.60 Å². The maximum absolute atomic E-state index is 11.5. The molecule has 1 aromatic carbocycles. The molecule has 0 unspecified atom stereocenters. The predicted octanol–water partition coefficient (Wildman–Crippen LogP) is 2.75. The molecule has 0 aliphatic carbocycles. The summed E-state index contributed by atoms with van der Waals surface area (Å²) in [6.07, 6.45) is 1.06. The van der Waals surface area contributed by atoms with Crippen molar-refractivity contribution in [1.29, 1.82) is 0 Å². The molecule has 110 valence electrons. The van der Waals surface area contributed by atoms with Crippen molar-refractivity contribution in [1.82, 2.24) is 5.06 Å². The molecule has 1 amide bonds. The van der Waals surface area contributed by atoms with Crippen LogP contribution in [0.2, 0.25) is 10.0 Å². The van der Waals surface area contributed by atoms with Crippen LogP contribution < -0.4 is 0 Å². The number of rotatable bonds is 4. The zero-order valence-electron chi connectivity index (χ0n) is 10.3. The summed E-state index contributed by atoms with van der Waals surface area (Å²) in [4.78, 5) is 29.5. The second kappa shape index (κ2) is 6.72. The van der Waals surface area contributed by atoms with Gasteiger partial charge in [-0.3, -0.25) is 14.6 Å². The van der Waals surface area contributed by atoms with E-state index in [1.165, 1.54) is 18.2 Å². The molecule has 1 rings (SSSR count). The standard InChI is InChI=1S/C11H12Cl2NO5P/c1-7(15)14(16)5-4-11(20(17,18)19)8-2-3-9(12)10(13)6-8/h2-4,6,16H,5H2,1H3,(H2,17,18,19)/b11-4+. The first kappa shape index (κ1) is 17.2. The Hall–Kier alpha value is -0.880. The molecule has 0 bridgehead atoms. The van der Waals surface area contributed by atoms with Crippen LogP contribution in [-0.2, 0) is 9.36 Å². The lowest BCUT2D eigenvalue weighted by atomic mass is 10.2. The zero-order chi connectivity index (χ0) is 15.5. The number of carbonyl (C=O) groups is 1. The van der Waals surface area contributed by atoms with E-state index in [0.29, 0.717) is 5.06 Å². The fraction of sp³-hybridized carbons (Fsp3) is 0.182. The van der Waals surface area contributed by atoms with Gasteiger partial charge in [0, 0.05) is 6.92 Å². The van der Waals surface area contributed by atoms with E-state index < -0.39 is 13.5 Å². The fourth-order valence-corrected chi connectivity index (χ4v) is 2.45. The molecule has 0 atom stereocenters. The summed E-state index contributed by atoms with van der Waals surface area (Å²) in [6, 6.07) is 4.07. The highest BCUT2D eigenvalue weighted by atomic mass is 35.5. The number of benzene rings is 1. The third-order valence-corrected chi connectivity index (χ3v) is 4.16. The van der Waals surface area contributed by atoms with Gasteiger partial charge in [0.15, 0.2) is 0 Å². The number of halogens is 2. The van der Waals surface area contributed by atoms with E-state index in [9.17, 15) is 24.4 Å². The van der Waals surface area contributed by atoms with Crippen LogP contribution in [0, 0.1) is 0 Å². The van der Waals surface area contributed by atoms with Gasteiger partial charge in [0.1, 0.15) is 0 Å². The average molecular weight is 340 g/mol. The highest BCUT2D eigenvalue weighted by Gasteiger charge is 2.23. The van der Waals surface area contributed by atoms with Gasteiger partial charge in [-0.2, -0.15) is 0 Å².